The number of nitrogens with one attached hydrogen (secondary N) is 1. The summed E-state index contributed by atoms with van der Waals surface area (Å²) in [7, 11) is -3.59. The minimum absolute atomic E-state index is 0.116. The van der Waals surface area contributed by atoms with Crippen molar-refractivity contribution in [2.75, 3.05) is 0 Å². The molecule has 0 amide bonds. The minimum Gasteiger partial charge on any atom is -0.309 e. The maximum Gasteiger partial charge on any atom is 0.241 e. The first kappa shape index (κ1) is 16.6. The number of sulfonamides is 1. The second kappa shape index (κ2) is 6.33. The molecular weight excluding hydrogens is 324 g/mol. The molecule has 1 N–H and O–H groups in total. The fourth-order valence-corrected chi connectivity index (χ4v) is 3.96. The number of fused-ring (bicyclic) bond motifs is 1. The molecule has 0 bridgehead atoms. The molecule has 0 radical (unpaired) electrons. The second-order valence-corrected chi connectivity index (χ2v) is 7.66. The predicted octanol–water partition coefficient (Wildman–Crippen LogP) is 2.80. The maximum absolute atomic E-state index is 12.6. The number of hydrogen-bond acceptors (Lipinski definition) is 4. The van der Waals surface area contributed by atoms with Crippen molar-refractivity contribution < 1.29 is 8.42 Å². The monoisotopic (exact) mass is 344 g/mol. The molecule has 0 saturated carbocycles. The highest BCUT2D eigenvalue weighted by Crippen LogP contribution is 2.20. The number of aromatic nitrogens is 3. The van der Waals surface area contributed by atoms with Gasteiger partial charge in [-0.1, -0.05) is 18.2 Å². The molecule has 6 nitrogen and oxygen atoms in total. The van der Waals surface area contributed by atoms with Gasteiger partial charge >= 0.3 is 0 Å². The average Bonchev–Trinajstić information content (AvgIpc) is 2.92. The van der Waals surface area contributed by atoms with Crippen LogP contribution in [0.3, 0.4) is 0 Å². The number of rotatable bonds is 5. The van der Waals surface area contributed by atoms with Crippen LogP contribution in [-0.2, 0) is 16.6 Å². The van der Waals surface area contributed by atoms with Crippen molar-refractivity contribution in [3.63, 3.8) is 0 Å². The Morgan fingerprint density at radius 1 is 1.17 bits per heavy atom. The third kappa shape index (κ3) is 3.05. The van der Waals surface area contributed by atoms with Crippen molar-refractivity contribution in [2.45, 2.75) is 38.3 Å². The molecule has 0 aliphatic carbocycles. The van der Waals surface area contributed by atoms with Crippen molar-refractivity contribution in [2.24, 2.45) is 0 Å². The zero-order valence-corrected chi connectivity index (χ0v) is 14.7. The molecule has 0 fully saturated rings. The van der Waals surface area contributed by atoms with Gasteiger partial charge in [-0.2, -0.15) is 0 Å². The van der Waals surface area contributed by atoms with E-state index >= 15 is 0 Å². The SMILES string of the molecule is Cc1ccccc1S(=O)(=O)NCc1nc2cccnc2n1C(C)C. The van der Waals surface area contributed by atoms with Gasteiger partial charge in [-0.05, 0) is 44.5 Å². The van der Waals surface area contributed by atoms with Crippen LogP contribution in [0.25, 0.3) is 11.2 Å². The Bertz CT molecular complexity index is 977. The van der Waals surface area contributed by atoms with Crippen molar-refractivity contribution >= 4 is 21.2 Å². The second-order valence-electron chi connectivity index (χ2n) is 5.93. The topological polar surface area (TPSA) is 76.9 Å². The van der Waals surface area contributed by atoms with Gasteiger partial charge in [0.1, 0.15) is 11.3 Å². The van der Waals surface area contributed by atoms with Gasteiger partial charge in [-0.3, -0.25) is 0 Å². The molecule has 0 atom stereocenters. The van der Waals surface area contributed by atoms with Crippen LogP contribution in [-0.4, -0.2) is 23.0 Å². The summed E-state index contributed by atoms with van der Waals surface area (Å²) >= 11 is 0. The van der Waals surface area contributed by atoms with Crippen LogP contribution in [0.4, 0.5) is 0 Å². The molecule has 3 aromatic rings. The van der Waals surface area contributed by atoms with Gasteiger partial charge in [0, 0.05) is 12.2 Å². The molecule has 0 saturated heterocycles. The van der Waals surface area contributed by atoms with Gasteiger partial charge in [0.15, 0.2) is 5.65 Å². The quantitative estimate of drug-likeness (QED) is 0.772. The highest BCUT2D eigenvalue weighted by Gasteiger charge is 2.19. The molecular formula is C17H20N4O2S. The zero-order chi connectivity index (χ0) is 17.3. The highest BCUT2D eigenvalue weighted by atomic mass is 32.2. The van der Waals surface area contributed by atoms with Crippen molar-refractivity contribution in [3.05, 3.63) is 54.0 Å². The van der Waals surface area contributed by atoms with Crippen LogP contribution in [0.2, 0.25) is 0 Å². The van der Waals surface area contributed by atoms with Crippen LogP contribution >= 0.6 is 0 Å². The zero-order valence-electron chi connectivity index (χ0n) is 13.9. The largest absolute Gasteiger partial charge is 0.309 e. The Hall–Kier alpha value is -2.25. The Balaban J connectivity index is 1.94. The first-order valence-electron chi connectivity index (χ1n) is 7.77. The first-order chi connectivity index (χ1) is 11.4. The number of aryl methyl sites for hydroxylation is 1. The molecule has 126 valence electrons. The first-order valence-corrected chi connectivity index (χ1v) is 9.25. The smallest absolute Gasteiger partial charge is 0.241 e. The normalized spacial score (nSPS) is 12.2. The number of benzene rings is 1. The van der Waals surface area contributed by atoms with Crippen LogP contribution < -0.4 is 4.72 Å². The molecule has 7 heteroatoms. The van der Waals surface area contributed by atoms with E-state index in [0.29, 0.717) is 11.4 Å². The molecule has 0 aliphatic heterocycles. The molecule has 2 aromatic heterocycles. The Labute approximate surface area is 141 Å². The van der Waals surface area contributed by atoms with Gasteiger partial charge in [0.2, 0.25) is 10.0 Å². The summed E-state index contributed by atoms with van der Waals surface area (Å²) in [5, 5.41) is 0. The third-order valence-corrected chi connectivity index (χ3v) is 5.40. The lowest BCUT2D eigenvalue weighted by Crippen LogP contribution is -2.26. The fourth-order valence-electron chi connectivity index (χ4n) is 2.74. The van der Waals surface area contributed by atoms with E-state index in [1.807, 2.05) is 36.6 Å². The molecule has 2 heterocycles. The number of imidazole rings is 1. The van der Waals surface area contributed by atoms with E-state index in [1.165, 1.54) is 0 Å². The summed E-state index contributed by atoms with van der Waals surface area (Å²) in [4.78, 5) is 9.18. The summed E-state index contributed by atoms with van der Waals surface area (Å²) in [5.74, 6) is 0.649. The highest BCUT2D eigenvalue weighted by molar-refractivity contribution is 7.89. The van der Waals surface area contributed by atoms with E-state index < -0.39 is 10.0 Å². The van der Waals surface area contributed by atoms with E-state index in [0.717, 1.165) is 11.2 Å². The van der Waals surface area contributed by atoms with Crippen molar-refractivity contribution in [1.82, 2.24) is 19.3 Å². The van der Waals surface area contributed by atoms with Gasteiger partial charge in [0.05, 0.1) is 11.4 Å². The van der Waals surface area contributed by atoms with Crippen molar-refractivity contribution in [3.8, 4) is 0 Å². The molecule has 24 heavy (non-hydrogen) atoms. The van der Waals surface area contributed by atoms with Gasteiger partial charge in [-0.25, -0.2) is 23.1 Å². The Morgan fingerprint density at radius 3 is 2.62 bits per heavy atom. The summed E-state index contributed by atoms with van der Waals surface area (Å²) in [6.07, 6.45) is 1.71. The molecule has 1 aromatic carbocycles. The lowest BCUT2D eigenvalue weighted by atomic mass is 10.2. The van der Waals surface area contributed by atoms with Crippen LogP contribution in [0.15, 0.2) is 47.5 Å². The minimum atomic E-state index is -3.59. The molecule has 0 aliphatic rings. The lowest BCUT2D eigenvalue weighted by Gasteiger charge is -2.13. The summed E-state index contributed by atoms with van der Waals surface area (Å²) < 4.78 is 29.7. The third-order valence-electron chi connectivity index (χ3n) is 3.84. The van der Waals surface area contributed by atoms with Crippen LogP contribution in [0.1, 0.15) is 31.3 Å². The average molecular weight is 344 g/mol. The van der Waals surface area contributed by atoms with E-state index in [-0.39, 0.29) is 17.5 Å². The van der Waals surface area contributed by atoms with E-state index in [9.17, 15) is 8.42 Å². The summed E-state index contributed by atoms with van der Waals surface area (Å²) in [6.45, 7) is 5.94. The van der Waals surface area contributed by atoms with Crippen LogP contribution in [0.5, 0.6) is 0 Å². The van der Waals surface area contributed by atoms with Gasteiger partial charge in [-0.15, -0.1) is 0 Å². The number of nitrogens with zero attached hydrogens (tertiary/aromatic N) is 3. The van der Waals surface area contributed by atoms with E-state index in [4.69, 9.17) is 0 Å². The predicted molar refractivity (Wildman–Crippen MR) is 93.1 cm³/mol. The molecule has 3 rings (SSSR count). The number of hydrogen-bond donors (Lipinski definition) is 1. The van der Waals surface area contributed by atoms with E-state index in [2.05, 4.69) is 14.7 Å². The van der Waals surface area contributed by atoms with Gasteiger partial charge in [0.25, 0.3) is 0 Å². The molecule has 0 spiro atoms. The van der Waals surface area contributed by atoms with Gasteiger partial charge < -0.3 is 4.57 Å². The fraction of sp³-hybridized carbons (Fsp3) is 0.294. The molecule has 0 unspecified atom stereocenters. The van der Waals surface area contributed by atoms with Crippen molar-refractivity contribution in [1.29, 1.82) is 0 Å². The lowest BCUT2D eigenvalue weighted by molar-refractivity contribution is 0.556. The summed E-state index contributed by atoms with van der Waals surface area (Å²) in [5.41, 5.74) is 2.23. The van der Waals surface area contributed by atoms with Crippen LogP contribution in [0, 0.1) is 6.92 Å². The number of pyridine rings is 1. The summed E-state index contributed by atoms with van der Waals surface area (Å²) in [6, 6.07) is 10.7. The maximum atomic E-state index is 12.6. The Morgan fingerprint density at radius 2 is 1.92 bits per heavy atom. The van der Waals surface area contributed by atoms with E-state index in [1.54, 1.807) is 31.3 Å². The Kier molecular flexibility index (Phi) is 4.38. The standard InChI is InChI=1S/C17H20N4O2S/c1-12(2)21-16(20-14-8-6-10-18-17(14)21)11-19-24(22,23)15-9-5-4-7-13(15)3/h4-10,12,19H,11H2,1-3H3.